The molecule has 3 rings (SSSR count). The Morgan fingerprint density at radius 1 is 1.50 bits per heavy atom. The van der Waals surface area contributed by atoms with E-state index in [0.29, 0.717) is 6.04 Å². The molecule has 1 aliphatic heterocycles. The van der Waals surface area contributed by atoms with Gasteiger partial charge in [0.1, 0.15) is 17.0 Å². The Balaban J connectivity index is 2.07. The molecule has 4 nitrogen and oxygen atoms in total. The van der Waals surface area contributed by atoms with Crippen LogP contribution in [0.4, 0.5) is 5.82 Å². The number of hydrogen-bond donors (Lipinski definition) is 0. The maximum absolute atomic E-state index is 5.44. The Labute approximate surface area is 97.9 Å². The first-order chi connectivity index (χ1) is 7.86. The summed E-state index contributed by atoms with van der Waals surface area (Å²) in [6, 6.07) is 2.48. The van der Waals surface area contributed by atoms with Crippen molar-refractivity contribution in [1.82, 2.24) is 9.97 Å². The van der Waals surface area contributed by atoms with Gasteiger partial charge >= 0.3 is 0 Å². The summed E-state index contributed by atoms with van der Waals surface area (Å²) in [6.45, 7) is 4.62. The summed E-state index contributed by atoms with van der Waals surface area (Å²) in [4.78, 5) is 12.1. The van der Waals surface area contributed by atoms with Gasteiger partial charge in [-0.1, -0.05) is 0 Å². The van der Waals surface area contributed by atoms with Crippen LogP contribution in [0.25, 0.3) is 10.2 Å². The highest BCUT2D eigenvalue weighted by Gasteiger charge is 2.22. The average molecular weight is 235 g/mol. The minimum Gasteiger partial charge on any atom is -0.377 e. The second-order valence-corrected chi connectivity index (χ2v) is 4.85. The Kier molecular flexibility index (Phi) is 2.49. The molecule has 0 bridgehead atoms. The molecule has 0 radical (unpaired) electrons. The smallest absolute Gasteiger partial charge is 0.141 e. The Morgan fingerprint density at radius 2 is 2.44 bits per heavy atom. The number of anilines is 1. The van der Waals surface area contributed by atoms with Gasteiger partial charge in [0.05, 0.1) is 24.6 Å². The summed E-state index contributed by atoms with van der Waals surface area (Å²) in [7, 11) is 0. The second kappa shape index (κ2) is 3.99. The molecule has 1 unspecified atom stereocenters. The predicted octanol–water partition coefficient (Wildman–Crippen LogP) is 1.92. The fraction of sp³-hybridized carbons (Fsp3) is 0.455. The van der Waals surface area contributed by atoms with Crippen molar-refractivity contribution in [3.63, 3.8) is 0 Å². The first-order valence-electron chi connectivity index (χ1n) is 5.39. The van der Waals surface area contributed by atoms with Gasteiger partial charge in [0, 0.05) is 6.54 Å². The molecule has 0 aliphatic carbocycles. The maximum Gasteiger partial charge on any atom is 0.141 e. The monoisotopic (exact) mass is 235 g/mol. The Hall–Kier alpha value is -1.20. The first-order valence-corrected chi connectivity index (χ1v) is 6.27. The minimum atomic E-state index is 0.381. The summed E-state index contributed by atoms with van der Waals surface area (Å²) in [5, 5.41) is 3.22. The molecule has 2 aromatic rings. The van der Waals surface area contributed by atoms with Crippen LogP contribution in [0.15, 0.2) is 17.8 Å². The van der Waals surface area contributed by atoms with Crippen LogP contribution < -0.4 is 4.90 Å². The molecule has 0 spiro atoms. The number of nitrogens with zero attached hydrogens (tertiary/aromatic N) is 3. The van der Waals surface area contributed by atoms with Gasteiger partial charge in [-0.3, -0.25) is 0 Å². The third kappa shape index (κ3) is 1.56. The number of ether oxygens (including phenoxy) is 1. The molecule has 0 N–H and O–H groups in total. The van der Waals surface area contributed by atoms with E-state index in [0.717, 1.165) is 35.8 Å². The van der Waals surface area contributed by atoms with Gasteiger partial charge < -0.3 is 9.64 Å². The lowest BCUT2D eigenvalue weighted by Crippen LogP contribution is -2.44. The zero-order valence-electron chi connectivity index (χ0n) is 9.09. The Morgan fingerprint density at radius 3 is 3.31 bits per heavy atom. The van der Waals surface area contributed by atoms with Crippen molar-refractivity contribution in [1.29, 1.82) is 0 Å². The zero-order valence-corrected chi connectivity index (χ0v) is 9.91. The van der Waals surface area contributed by atoms with Gasteiger partial charge in [-0.15, -0.1) is 11.3 Å². The van der Waals surface area contributed by atoms with Crippen LogP contribution in [0.2, 0.25) is 0 Å². The van der Waals surface area contributed by atoms with Crippen LogP contribution in [-0.2, 0) is 4.74 Å². The van der Waals surface area contributed by atoms with E-state index >= 15 is 0 Å². The lowest BCUT2D eigenvalue weighted by Gasteiger charge is -2.34. The van der Waals surface area contributed by atoms with E-state index in [1.54, 1.807) is 17.7 Å². The predicted molar refractivity (Wildman–Crippen MR) is 65.0 cm³/mol. The van der Waals surface area contributed by atoms with Gasteiger partial charge in [0.25, 0.3) is 0 Å². The molecule has 0 saturated carbocycles. The van der Waals surface area contributed by atoms with Crippen LogP contribution >= 0.6 is 11.3 Å². The van der Waals surface area contributed by atoms with Crippen LogP contribution in [0.3, 0.4) is 0 Å². The van der Waals surface area contributed by atoms with E-state index in [-0.39, 0.29) is 0 Å². The van der Waals surface area contributed by atoms with Crippen LogP contribution in [-0.4, -0.2) is 35.8 Å². The normalized spacial score (nSPS) is 21.6. The summed E-state index contributed by atoms with van der Waals surface area (Å²) in [5.74, 6) is 1.04. The van der Waals surface area contributed by atoms with E-state index in [9.17, 15) is 0 Å². The van der Waals surface area contributed by atoms with Crippen LogP contribution in [0, 0.1) is 0 Å². The third-order valence-corrected chi connectivity index (χ3v) is 3.70. The summed E-state index contributed by atoms with van der Waals surface area (Å²) < 4.78 is 5.44. The molecule has 1 saturated heterocycles. The molecular weight excluding hydrogens is 222 g/mol. The second-order valence-electron chi connectivity index (χ2n) is 3.95. The third-order valence-electron chi connectivity index (χ3n) is 2.88. The molecule has 0 aromatic carbocycles. The highest BCUT2D eigenvalue weighted by atomic mass is 32.1. The van der Waals surface area contributed by atoms with E-state index in [2.05, 4.69) is 33.2 Å². The van der Waals surface area contributed by atoms with Crippen LogP contribution in [0.1, 0.15) is 6.92 Å². The molecule has 16 heavy (non-hydrogen) atoms. The highest BCUT2D eigenvalue weighted by molar-refractivity contribution is 7.16. The quantitative estimate of drug-likeness (QED) is 0.757. The van der Waals surface area contributed by atoms with Gasteiger partial charge in [-0.05, 0) is 18.4 Å². The van der Waals surface area contributed by atoms with Gasteiger partial charge in [-0.2, -0.15) is 0 Å². The lowest BCUT2D eigenvalue weighted by molar-refractivity contribution is 0.0987. The van der Waals surface area contributed by atoms with Crippen molar-refractivity contribution < 1.29 is 4.74 Å². The molecule has 0 amide bonds. The number of rotatable bonds is 1. The standard InChI is InChI=1S/C11H13N3OS/c1-8-6-15-4-3-14(8)10-9-2-5-16-11(9)13-7-12-10/h2,5,7-8H,3-4,6H2,1H3. The number of hydrogen-bond acceptors (Lipinski definition) is 5. The molecule has 3 heterocycles. The largest absolute Gasteiger partial charge is 0.377 e. The van der Waals surface area contributed by atoms with E-state index < -0.39 is 0 Å². The molecule has 1 fully saturated rings. The molecule has 1 atom stereocenters. The highest BCUT2D eigenvalue weighted by Crippen LogP contribution is 2.28. The molecule has 1 aliphatic rings. The molecular formula is C11H13N3OS. The summed E-state index contributed by atoms with van der Waals surface area (Å²) in [5.41, 5.74) is 0. The molecule has 84 valence electrons. The molecule has 2 aromatic heterocycles. The van der Waals surface area contributed by atoms with Gasteiger partial charge in [0.15, 0.2) is 0 Å². The number of fused-ring (bicyclic) bond motifs is 1. The fourth-order valence-electron chi connectivity index (χ4n) is 2.05. The SMILES string of the molecule is CC1COCCN1c1ncnc2sccc12. The van der Waals surface area contributed by atoms with E-state index in [4.69, 9.17) is 4.74 Å². The van der Waals surface area contributed by atoms with E-state index in [1.165, 1.54) is 0 Å². The Bertz CT molecular complexity index is 499. The summed E-state index contributed by atoms with van der Waals surface area (Å²) >= 11 is 1.66. The lowest BCUT2D eigenvalue weighted by atomic mass is 10.2. The fourth-order valence-corrected chi connectivity index (χ4v) is 2.77. The maximum atomic E-state index is 5.44. The van der Waals surface area contributed by atoms with Crippen molar-refractivity contribution >= 4 is 27.4 Å². The van der Waals surface area contributed by atoms with Crippen molar-refractivity contribution in [3.8, 4) is 0 Å². The number of aromatic nitrogens is 2. The van der Waals surface area contributed by atoms with Gasteiger partial charge in [-0.25, -0.2) is 9.97 Å². The van der Waals surface area contributed by atoms with E-state index in [1.807, 2.05) is 0 Å². The zero-order chi connectivity index (χ0) is 11.0. The van der Waals surface area contributed by atoms with Crippen molar-refractivity contribution in [2.45, 2.75) is 13.0 Å². The average Bonchev–Trinajstić information content (AvgIpc) is 2.77. The minimum absolute atomic E-state index is 0.381. The van der Waals surface area contributed by atoms with Crippen molar-refractivity contribution in [3.05, 3.63) is 17.8 Å². The van der Waals surface area contributed by atoms with Gasteiger partial charge in [0.2, 0.25) is 0 Å². The van der Waals surface area contributed by atoms with Crippen molar-refractivity contribution in [2.75, 3.05) is 24.7 Å². The molecule has 5 heteroatoms. The number of morpholine rings is 1. The van der Waals surface area contributed by atoms with Crippen LogP contribution in [0.5, 0.6) is 0 Å². The number of thiophene rings is 1. The summed E-state index contributed by atoms with van der Waals surface area (Å²) in [6.07, 6.45) is 1.65. The van der Waals surface area contributed by atoms with Crippen molar-refractivity contribution in [2.24, 2.45) is 0 Å². The topological polar surface area (TPSA) is 38.2 Å². The first kappa shape index (κ1) is 9.99.